The number of nitrogens with zero attached hydrogens (tertiary/aromatic N) is 3. The Morgan fingerprint density at radius 3 is 2.49 bits per heavy atom. The van der Waals surface area contributed by atoms with E-state index in [4.69, 9.17) is 4.74 Å². The van der Waals surface area contributed by atoms with Crippen molar-refractivity contribution in [1.29, 1.82) is 0 Å². The first-order chi connectivity index (χ1) is 16.4. The van der Waals surface area contributed by atoms with Crippen LogP contribution >= 0.6 is 12.4 Å². The summed E-state index contributed by atoms with van der Waals surface area (Å²) >= 11 is 0. The van der Waals surface area contributed by atoms with Gasteiger partial charge in [-0.1, -0.05) is 26.0 Å². The molecule has 1 aliphatic rings. The Morgan fingerprint density at radius 1 is 1.20 bits per heavy atom. The number of methoxy groups -OCH3 is 1. The number of piperidine rings is 1. The molecule has 1 amide bonds. The Kier molecular flexibility index (Phi) is 8.48. The molecule has 0 saturated carbocycles. The minimum Gasteiger partial charge on any atom is -0.495 e. The second kappa shape index (κ2) is 11.3. The topological polar surface area (TPSA) is 111 Å². The summed E-state index contributed by atoms with van der Waals surface area (Å²) in [6.45, 7) is 6.02. The van der Waals surface area contributed by atoms with Crippen LogP contribution in [0.2, 0.25) is 0 Å². The molecule has 2 heterocycles. The molecule has 1 aromatic heterocycles. The maximum atomic E-state index is 13.4. The third-order valence-corrected chi connectivity index (χ3v) is 6.22. The van der Waals surface area contributed by atoms with Gasteiger partial charge in [-0.05, 0) is 55.6 Å². The summed E-state index contributed by atoms with van der Waals surface area (Å²) in [6.07, 6.45) is 3.35. The van der Waals surface area contributed by atoms with Gasteiger partial charge < -0.3 is 15.4 Å². The largest absolute Gasteiger partial charge is 0.495 e. The van der Waals surface area contributed by atoms with E-state index in [9.17, 15) is 14.9 Å². The van der Waals surface area contributed by atoms with E-state index in [1.807, 2.05) is 16.8 Å². The van der Waals surface area contributed by atoms with Crippen molar-refractivity contribution in [3.63, 3.8) is 0 Å². The number of halogens is 1. The number of carbonyl (C=O) groups is 1. The van der Waals surface area contributed by atoms with Crippen LogP contribution in [0.5, 0.6) is 5.75 Å². The number of nitro benzene ring substituents is 1. The molecule has 1 aliphatic heterocycles. The van der Waals surface area contributed by atoms with Gasteiger partial charge in [0.05, 0.1) is 40.9 Å². The summed E-state index contributed by atoms with van der Waals surface area (Å²) in [6, 6.07) is 12.3. The highest BCUT2D eigenvalue weighted by Gasteiger charge is 2.28. The summed E-state index contributed by atoms with van der Waals surface area (Å²) < 4.78 is 7.15. The van der Waals surface area contributed by atoms with Crippen LogP contribution in [-0.4, -0.2) is 40.8 Å². The lowest BCUT2D eigenvalue weighted by atomic mass is 9.91. The Labute approximate surface area is 210 Å². The van der Waals surface area contributed by atoms with Crippen molar-refractivity contribution in [2.45, 2.75) is 38.5 Å². The zero-order chi connectivity index (χ0) is 24.2. The number of rotatable bonds is 7. The molecule has 0 bridgehead atoms. The van der Waals surface area contributed by atoms with Crippen molar-refractivity contribution in [2.75, 3.05) is 25.5 Å². The van der Waals surface area contributed by atoms with E-state index in [1.54, 1.807) is 6.20 Å². The zero-order valence-electron chi connectivity index (χ0n) is 20.0. The maximum Gasteiger partial charge on any atom is 0.271 e. The number of carbonyl (C=O) groups excluding carboxylic acids is 1. The molecule has 0 radical (unpaired) electrons. The predicted molar refractivity (Wildman–Crippen MR) is 137 cm³/mol. The smallest absolute Gasteiger partial charge is 0.271 e. The first kappa shape index (κ1) is 26.2. The number of nitrogens with one attached hydrogen (secondary N) is 2. The number of hydrogen-bond acceptors (Lipinski definition) is 6. The normalized spacial score (nSPS) is 13.8. The average Bonchev–Trinajstić information content (AvgIpc) is 3.30. The zero-order valence-corrected chi connectivity index (χ0v) is 20.8. The van der Waals surface area contributed by atoms with Crippen LogP contribution < -0.4 is 15.4 Å². The van der Waals surface area contributed by atoms with Gasteiger partial charge >= 0.3 is 0 Å². The van der Waals surface area contributed by atoms with Crippen molar-refractivity contribution in [3.8, 4) is 11.4 Å². The first-order valence-electron chi connectivity index (χ1n) is 11.4. The minimum atomic E-state index is -0.506. The van der Waals surface area contributed by atoms with Gasteiger partial charge in [-0.2, -0.15) is 5.10 Å². The van der Waals surface area contributed by atoms with Gasteiger partial charge in [0.2, 0.25) is 0 Å². The first-order valence-corrected chi connectivity index (χ1v) is 11.4. The maximum absolute atomic E-state index is 13.4. The molecule has 4 rings (SSSR count). The fourth-order valence-corrected chi connectivity index (χ4v) is 4.32. The van der Waals surface area contributed by atoms with Crippen molar-refractivity contribution >= 4 is 29.7 Å². The van der Waals surface area contributed by atoms with Crippen LogP contribution in [0.15, 0.2) is 48.7 Å². The number of benzene rings is 2. The quantitative estimate of drug-likeness (QED) is 0.347. The lowest BCUT2D eigenvalue weighted by molar-refractivity contribution is -0.384. The Morgan fingerprint density at radius 2 is 1.89 bits per heavy atom. The molecule has 1 fully saturated rings. The van der Waals surface area contributed by atoms with Crippen LogP contribution in [0.3, 0.4) is 0 Å². The SMILES string of the molecule is COc1ccc([N+](=O)[O-])cc1NC(=O)c1cnn(-c2ccc(C(C)C)cc2)c1C1CCNCC1.Cl. The van der Waals surface area contributed by atoms with Gasteiger partial charge in [-0.3, -0.25) is 14.9 Å². The van der Waals surface area contributed by atoms with Gasteiger partial charge in [-0.25, -0.2) is 4.68 Å². The second-order valence-electron chi connectivity index (χ2n) is 8.72. The van der Waals surface area contributed by atoms with Crippen LogP contribution in [0.4, 0.5) is 11.4 Å². The molecule has 10 heteroatoms. The average molecular weight is 500 g/mol. The highest BCUT2D eigenvalue weighted by molar-refractivity contribution is 6.06. The highest BCUT2D eigenvalue weighted by atomic mass is 35.5. The number of aromatic nitrogens is 2. The standard InChI is InChI=1S/C25H29N5O4.ClH/c1-16(2)17-4-6-19(7-5-17)29-24(18-10-12-26-13-11-18)21(15-27-29)25(31)28-22-14-20(30(32)33)8-9-23(22)34-3;/h4-9,14-16,18,26H,10-13H2,1-3H3,(H,28,31);1H. The van der Waals surface area contributed by atoms with Crippen molar-refractivity contribution in [3.05, 3.63) is 75.6 Å². The summed E-state index contributed by atoms with van der Waals surface area (Å²) in [5.74, 6) is 0.541. The van der Waals surface area contributed by atoms with E-state index >= 15 is 0 Å². The molecule has 35 heavy (non-hydrogen) atoms. The van der Waals surface area contributed by atoms with E-state index < -0.39 is 4.92 Å². The van der Waals surface area contributed by atoms with E-state index in [1.165, 1.54) is 30.9 Å². The van der Waals surface area contributed by atoms with E-state index in [0.29, 0.717) is 17.2 Å². The van der Waals surface area contributed by atoms with E-state index in [-0.39, 0.29) is 35.6 Å². The Bertz CT molecular complexity index is 1190. The van der Waals surface area contributed by atoms with Crippen LogP contribution in [0.25, 0.3) is 5.69 Å². The molecule has 1 saturated heterocycles. The second-order valence-corrected chi connectivity index (χ2v) is 8.72. The van der Waals surface area contributed by atoms with Crippen LogP contribution in [0.1, 0.15) is 60.1 Å². The minimum absolute atomic E-state index is 0. The molecular formula is C25H30ClN5O4. The lowest BCUT2D eigenvalue weighted by Gasteiger charge is -2.25. The fourth-order valence-electron chi connectivity index (χ4n) is 4.32. The molecule has 186 valence electrons. The number of hydrogen-bond donors (Lipinski definition) is 2. The van der Waals surface area contributed by atoms with Gasteiger partial charge in [0.15, 0.2) is 0 Å². The van der Waals surface area contributed by atoms with E-state index in [0.717, 1.165) is 37.3 Å². The Balaban J connectivity index is 0.00000342. The molecule has 0 unspecified atom stereocenters. The van der Waals surface area contributed by atoms with Crippen LogP contribution in [-0.2, 0) is 0 Å². The van der Waals surface area contributed by atoms with Crippen molar-refractivity contribution in [2.24, 2.45) is 0 Å². The summed E-state index contributed by atoms with van der Waals surface area (Å²) in [4.78, 5) is 24.1. The molecule has 2 aromatic carbocycles. The highest BCUT2D eigenvalue weighted by Crippen LogP contribution is 2.33. The molecule has 0 spiro atoms. The third kappa shape index (κ3) is 5.63. The molecule has 2 N–H and O–H groups in total. The van der Waals surface area contributed by atoms with Gasteiger partial charge in [-0.15, -0.1) is 12.4 Å². The van der Waals surface area contributed by atoms with Gasteiger partial charge in [0, 0.05) is 18.1 Å². The van der Waals surface area contributed by atoms with Crippen molar-refractivity contribution < 1.29 is 14.5 Å². The van der Waals surface area contributed by atoms with Gasteiger partial charge in [0.1, 0.15) is 5.75 Å². The third-order valence-electron chi connectivity index (χ3n) is 6.22. The predicted octanol–water partition coefficient (Wildman–Crippen LogP) is 5.05. The Hall–Kier alpha value is -3.43. The lowest BCUT2D eigenvalue weighted by Crippen LogP contribution is -2.29. The van der Waals surface area contributed by atoms with E-state index in [2.05, 4.69) is 41.7 Å². The van der Waals surface area contributed by atoms with Crippen molar-refractivity contribution in [1.82, 2.24) is 15.1 Å². The number of non-ortho nitro benzene ring substituents is 1. The molecule has 0 aliphatic carbocycles. The molecule has 9 nitrogen and oxygen atoms in total. The number of amides is 1. The molecular weight excluding hydrogens is 470 g/mol. The molecule has 0 atom stereocenters. The monoisotopic (exact) mass is 499 g/mol. The number of anilines is 1. The summed E-state index contributed by atoms with van der Waals surface area (Å²) in [5, 5.41) is 22.0. The van der Waals surface area contributed by atoms with Crippen LogP contribution in [0, 0.1) is 10.1 Å². The fraction of sp³-hybridized carbons (Fsp3) is 0.360. The number of ether oxygens (including phenoxy) is 1. The van der Waals surface area contributed by atoms with Gasteiger partial charge in [0.25, 0.3) is 11.6 Å². The summed E-state index contributed by atoms with van der Waals surface area (Å²) in [7, 11) is 1.45. The molecule has 3 aromatic rings. The summed E-state index contributed by atoms with van der Waals surface area (Å²) in [5.41, 5.74) is 3.54. The number of nitro groups is 1.